The minimum absolute atomic E-state index is 0.0142. The third kappa shape index (κ3) is 4.79. The fourth-order valence-corrected chi connectivity index (χ4v) is 3.91. The lowest BCUT2D eigenvalue weighted by molar-refractivity contribution is -0.123. The van der Waals surface area contributed by atoms with E-state index in [0.29, 0.717) is 21.6 Å². The molecule has 1 saturated heterocycles. The number of thioether (sulfide) groups is 1. The van der Waals surface area contributed by atoms with Crippen molar-refractivity contribution in [3.05, 3.63) is 59.0 Å². The maximum Gasteiger partial charge on any atom is 0.266 e. The van der Waals surface area contributed by atoms with Crippen molar-refractivity contribution in [2.75, 3.05) is 13.7 Å². The Kier molecular flexibility index (Phi) is 6.57. The van der Waals surface area contributed by atoms with Gasteiger partial charge in [0, 0.05) is 6.04 Å². The van der Waals surface area contributed by atoms with Crippen LogP contribution in [0.5, 0.6) is 11.5 Å². The number of hydrogen-bond donors (Lipinski definition) is 0. The van der Waals surface area contributed by atoms with Crippen LogP contribution in [0.4, 0.5) is 5.69 Å². The maximum atomic E-state index is 13.0. The number of amides is 1. The van der Waals surface area contributed by atoms with Crippen LogP contribution in [0.1, 0.15) is 19.4 Å². The lowest BCUT2D eigenvalue weighted by Crippen LogP contribution is -2.35. The third-order valence-electron chi connectivity index (χ3n) is 4.11. The van der Waals surface area contributed by atoms with Crippen LogP contribution >= 0.6 is 11.8 Å². The van der Waals surface area contributed by atoms with Gasteiger partial charge in [-0.3, -0.25) is 9.69 Å². The van der Waals surface area contributed by atoms with E-state index in [1.54, 1.807) is 17.0 Å². The highest BCUT2D eigenvalue weighted by Crippen LogP contribution is 2.36. The number of carbonyl (C=O) groups excluding carboxylic acids is 1. The Labute approximate surface area is 174 Å². The van der Waals surface area contributed by atoms with Gasteiger partial charge < -0.3 is 9.47 Å². The average molecular weight is 407 g/mol. The summed E-state index contributed by atoms with van der Waals surface area (Å²) in [7, 11) is 1.53. The number of nitrogens with zero attached hydrogens (tertiary/aromatic N) is 3. The van der Waals surface area contributed by atoms with Gasteiger partial charge in [0.25, 0.3) is 5.91 Å². The summed E-state index contributed by atoms with van der Waals surface area (Å²) in [4.78, 5) is 19.9. The van der Waals surface area contributed by atoms with Gasteiger partial charge in [-0.05, 0) is 61.5 Å². The van der Waals surface area contributed by atoms with Crippen LogP contribution in [0.15, 0.2) is 58.4 Å². The molecule has 0 aliphatic carbocycles. The lowest BCUT2D eigenvalue weighted by Gasteiger charge is -2.19. The Bertz CT molecular complexity index is 994. The fourth-order valence-electron chi connectivity index (χ4n) is 2.79. The van der Waals surface area contributed by atoms with Gasteiger partial charge in [0.15, 0.2) is 23.3 Å². The smallest absolute Gasteiger partial charge is 0.266 e. The summed E-state index contributed by atoms with van der Waals surface area (Å²) >= 11 is 1.35. The molecule has 2 aromatic carbocycles. The highest BCUT2D eigenvalue weighted by atomic mass is 32.2. The van der Waals surface area contributed by atoms with E-state index in [2.05, 4.69) is 4.99 Å². The first-order valence-corrected chi connectivity index (χ1v) is 9.89. The molecular weight excluding hydrogens is 386 g/mol. The molecule has 6 nitrogen and oxygen atoms in total. The molecule has 0 radical (unpaired) electrons. The Hall–Kier alpha value is -3.24. The highest BCUT2D eigenvalue weighted by Gasteiger charge is 2.35. The zero-order valence-corrected chi connectivity index (χ0v) is 17.3. The van der Waals surface area contributed by atoms with Gasteiger partial charge in [-0.15, -0.1) is 0 Å². The van der Waals surface area contributed by atoms with Crippen molar-refractivity contribution in [2.45, 2.75) is 19.9 Å². The van der Waals surface area contributed by atoms with Gasteiger partial charge in [-0.1, -0.05) is 24.3 Å². The Morgan fingerprint density at radius 2 is 1.97 bits per heavy atom. The van der Waals surface area contributed by atoms with Gasteiger partial charge in [0.1, 0.15) is 6.07 Å². The number of benzene rings is 2. The third-order valence-corrected chi connectivity index (χ3v) is 5.09. The van der Waals surface area contributed by atoms with Crippen molar-refractivity contribution in [1.82, 2.24) is 4.90 Å². The molecule has 1 heterocycles. The second kappa shape index (κ2) is 9.30. The van der Waals surface area contributed by atoms with E-state index < -0.39 is 0 Å². The summed E-state index contributed by atoms with van der Waals surface area (Å²) < 4.78 is 10.7. The topological polar surface area (TPSA) is 74.9 Å². The molecule has 0 N–H and O–H groups in total. The summed E-state index contributed by atoms with van der Waals surface area (Å²) in [6.07, 6.45) is 1.81. The van der Waals surface area contributed by atoms with Gasteiger partial charge in [0.05, 0.1) is 17.7 Å². The number of para-hydroxylation sites is 1. The number of carbonyl (C=O) groups is 1. The van der Waals surface area contributed by atoms with Gasteiger partial charge in [-0.2, -0.15) is 5.26 Å². The zero-order valence-electron chi connectivity index (χ0n) is 16.5. The summed E-state index contributed by atoms with van der Waals surface area (Å²) in [5.74, 6) is 0.907. The number of ether oxygens (including phenoxy) is 2. The largest absolute Gasteiger partial charge is 0.493 e. The Balaban J connectivity index is 1.92. The first-order chi connectivity index (χ1) is 14.0. The molecule has 29 heavy (non-hydrogen) atoms. The zero-order chi connectivity index (χ0) is 20.8. The van der Waals surface area contributed by atoms with E-state index in [9.17, 15) is 4.79 Å². The predicted octanol–water partition coefficient (Wildman–Crippen LogP) is 4.61. The molecule has 7 heteroatoms. The van der Waals surface area contributed by atoms with Crippen molar-refractivity contribution in [3.63, 3.8) is 0 Å². The molecular formula is C22H21N3O3S. The number of aliphatic imine (C=N–C) groups is 1. The van der Waals surface area contributed by atoms with Crippen molar-refractivity contribution in [1.29, 1.82) is 5.26 Å². The van der Waals surface area contributed by atoms with Crippen molar-refractivity contribution in [2.24, 2.45) is 4.99 Å². The van der Waals surface area contributed by atoms with E-state index in [-0.39, 0.29) is 18.6 Å². The number of nitriles is 1. The average Bonchev–Trinajstić information content (AvgIpc) is 3.02. The molecule has 3 rings (SSSR count). The minimum Gasteiger partial charge on any atom is -0.493 e. The Morgan fingerprint density at radius 3 is 2.62 bits per heavy atom. The fraction of sp³-hybridized carbons (Fsp3) is 0.227. The molecule has 1 aliphatic heterocycles. The van der Waals surface area contributed by atoms with Crippen LogP contribution in [0.3, 0.4) is 0 Å². The number of rotatable bonds is 6. The summed E-state index contributed by atoms with van der Waals surface area (Å²) in [6.45, 7) is 3.87. The summed E-state index contributed by atoms with van der Waals surface area (Å²) in [5.41, 5.74) is 1.60. The number of amidine groups is 1. The molecule has 1 amide bonds. The van der Waals surface area contributed by atoms with Crippen LogP contribution in [-0.4, -0.2) is 35.7 Å². The molecule has 1 fully saturated rings. The van der Waals surface area contributed by atoms with Crippen LogP contribution in [0, 0.1) is 11.3 Å². The molecule has 1 aliphatic rings. The Morgan fingerprint density at radius 1 is 1.21 bits per heavy atom. The van der Waals surface area contributed by atoms with Crippen LogP contribution < -0.4 is 9.47 Å². The SMILES string of the molecule is COc1cc(/C=C2/SC(=Nc3ccccc3)N(C(C)C)C2=O)ccc1OCC#N. The first-order valence-electron chi connectivity index (χ1n) is 9.08. The van der Waals surface area contributed by atoms with Gasteiger partial charge in [0.2, 0.25) is 0 Å². The quantitative estimate of drug-likeness (QED) is 0.654. The predicted molar refractivity (Wildman–Crippen MR) is 115 cm³/mol. The second-order valence-electron chi connectivity index (χ2n) is 6.47. The van der Waals surface area contributed by atoms with Crippen molar-refractivity contribution in [3.8, 4) is 17.6 Å². The molecule has 2 aromatic rings. The van der Waals surface area contributed by atoms with E-state index in [0.717, 1.165) is 11.3 Å². The second-order valence-corrected chi connectivity index (χ2v) is 7.48. The van der Waals surface area contributed by atoms with E-state index in [1.807, 2.05) is 62.4 Å². The minimum atomic E-state index is -0.0801. The molecule has 0 atom stereocenters. The molecule has 0 aromatic heterocycles. The monoisotopic (exact) mass is 407 g/mol. The summed E-state index contributed by atoms with van der Waals surface area (Å²) in [5, 5.41) is 9.34. The molecule has 148 valence electrons. The molecule has 0 unspecified atom stereocenters. The van der Waals surface area contributed by atoms with Crippen molar-refractivity contribution >= 4 is 34.6 Å². The van der Waals surface area contributed by atoms with Gasteiger partial charge in [-0.25, -0.2) is 4.99 Å². The highest BCUT2D eigenvalue weighted by molar-refractivity contribution is 8.18. The molecule has 0 bridgehead atoms. The first kappa shape index (κ1) is 20.5. The lowest BCUT2D eigenvalue weighted by atomic mass is 10.1. The number of methoxy groups -OCH3 is 1. The van der Waals surface area contributed by atoms with Crippen LogP contribution in [0.2, 0.25) is 0 Å². The summed E-state index contributed by atoms with van der Waals surface area (Å²) in [6, 6.07) is 16.8. The van der Waals surface area contributed by atoms with Crippen molar-refractivity contribution < 1.29 is 14.3 Å². The molecule has 0 spiro atoms. The standard InChI is InChI=1S/C22H21N3O3S/c1-15(2)25-21(26)20(29-22(25)24-17-7-5-4-6-8-17)14-16-9-10-18(28-12-11-23)19(13-16)27-3/h4-10,13-15H,12H2,1-3H3/b20-14+,24-22?. The van der Waals surface area contributed by atoms with E-state index >= 15 is 0 Å². The maximum absolute atomic E-state index is 13.0. The van der Waals surface area contributed by atoms with E-state index in [4.69, 9.17) is 14.7 Å². The van der Waals surface area contributed by atoms with Gasteiger partial charge >= 0.3 is 0 Å². The van der Waals surface area contributed by atoms with E-state index in [1.165, 1.54) is 18.9 Å². The molecule has 0 saturated carbocycles. The normalized spacial score (nSPS) is 16.5. The van der Waals surface area contributed by atoms with Crippen LogP contribution in [-0.2, 0) is 4.79 Å². The van der Waals surface area contributed by atoms with Crippen LogP contribution in [0.25, 0.3) is 6.08 Å². The number of hydrogen-bond acceptors (Lipinski definition) is 6.